The van der Waals surface area contributed by atoms with Crippen LogP contribution in [0.5, 0.6) is 0 Å². The van der Waals surface area contributed by atoms with Crippen molar-refractivity contribution in [2.75, 3.05) is 18.4 Å². The molecule has 1 fully saturated rings. The van der Waals surface area contributed by atoms with Crippen LogP contribution < -0.4 is 5.32 Å². The topological polar surface area (TPSA) is 32.3 Å². The van der Waals surface area contributed by atoms with Crippen LogP contribution in [0.15, 0.2) is 16.6 Å². The molecule has 3 nitrogen and oxygen atoms in total. The van der Waals surface area contributed by atoms with E-state index in [-0.39, 0.29) is 32.0 Å². The van der Waals surface area contributed by atoms with E-state index < -0.39 is 5.92 Å². The number of likely N-dealkylation sites (tertiary alicyclic amines) is 1. The molecule has 20 heavy (non-hydrogen) atoms. The van der Waals surface area contributed by atoms with Crippen molar-refractivity contribution in [1.82, 2.24) is 4.90 Å². The van der Waals surface area contributed by atoms with Gasteiger partial charge in [-0.1, -0.05) is 11.6 Å². The van der Waals surface area contributed by atoms with Crippen molar-refractivity contribution in [3.8, 4) is 0 Å². The average Bonchev–Trinajstić information content (AvgIpc) is 2.35. The van der Waals surface area contributed by atoms with Crippen LogP contribution in [-0.2, 0) is 0 Å². The first-order valence-electron chi connectivity index (χ1n) is 6.18. The molecule has 0 spiro atoms. The number of alkyl halides is 2. The Kier molecular flexibility index (Phi) is 4.54. The molecule has 0 atom stereocenters. The van der Waals surface area contributed by atoms with E-state index in [0.717, 1.165) is 10.0 Å². The van der Waals surface area contributed by atoms with Crippen LogP contribution in [0.25, 0.3) is 0 Å². The first kappa shape index (κ1) is 15.5. The first-order chi connectivity index (χ1) is 9.28. The second-order valence-electron chi connectivity index (χ2n) is 4.85. The zero-order valence-electron chi connectivity index (χ0n) is 10.9. The summed E-state index contributed by atoms with van der Waals surface area (Å²) in [5.74, 6) is -2.66. The van der Waals surface area contributed by atoms with Gasteiger partial charge in [0, 0.05) is 36.1 Å². The molecule has 0 bridgehead atoms. The van der Waals surface area contributed by atoms with E-state index in [9.17, 15) is 13.6 Å². The standard InChI is InChI=1S/C13H14BrClF2N2O/c1-8-6-9(14)10(15)7-11(8)18-12(20)19-4-2-13(16,17)3-5-19/h6-7H,2-5H2,1H3,(H,18,20). The van der Waals surface area contributed by atoms with Crippen molar-refractivity contribution in [2.24, 2.45) is 0 Å². The van der Waals surface area contributed by atoms with Crippen molar-refractivity contribution in [1.29, 1.82) is 0 Å². The fourth-order valence-electron chi connectivity index (χ4n) is 2.01. The maximum absolute atomic E-state index is 13.0. The van der Waals surface area contributed by atoms with E-state index in [4.69, 9.17) is 11.6 Å². The van der Waals surface area contributed by atoms with Gasteiger partial charge in [0.25, 0.3) is 5.92 Å². The summed E-state index contributed by atoms with van der Waals surface area (Å²) in [6.45, 7) is 1.95. The molecule has 0 aliphatic carbocycles. The molecule has 1 aliphatic rings. The Labute approximate surface area is 129 Å². The molecule has 2 rings (SSSR count). The van der Waals surface area contributed by atoms with Gasteiger partial charge in [0.05, 0.1) is 5.02 Å². The minimum absolute atomic E-state index is 0.0577. The number of nitrogens with one attached hydrogen (secondary N) is 1. The van der Waals surface area contributed by atoms with Crippen molar-refractivity contribution in [3.63, 3.8) is 0 Å². The van der Waals surface area contributed by atoms with E-state index in [1.54, 1.807) is 12.1 Å². The Morgan fingerprint density at radius 1 is 1.40 bits per heavy atom. The number of carbonyl (C=O) groups is 1. The van der Waals surface area contributed by atoms with Crippen molar-refractivity contribution < 1.29 is 13.6 Å². The molecular weight excluding hydrogens is 354 g/mol. The van der Waals surface area contributed by atoms with Gasteiger partial charge in [0.15, 0.2) is 0 Å². The van der Waals surface area contributed by atoms with Gasteiger partial charge in [0.1, 0.15) is 0 Å². The molecule has 0 radical (unpaired) electrons. The molecule has 1 aromatic carbocycles. The fourth-order valence-corrected chi connectivity index (χ4v) is 2.63. The number of nitrogens with zero attached hydrogens (tertiary/aromatic N) is 1. The molecule has 7 heteroatoms. The summed E-state index contributed by atoms with van der Waals surface area (Å²) < 4.78 is 26.8. The molecule has 0 saturated carbocycles. The van der Waals surface area contributed by atoms with Crippen LogP contribution in [0.2, 0.25) is 5.02 Å². The summed E-state index contributed by atoms with van der Waals surface area (Å²) in [5.41, 5.74) is 1.43. The number of hydrogen-bond donors (Lipinski definition) is 1. The van der Waals surface area contributed by atoms with Crippen LogP contribution in [-0.4, -0.2) is 29.9 Å². The highest BCUT2D eigenvalue weighted by Crippen LogP contribution is 2.30. The van der Waals surface area contributed by atoms with Crippen LogP contribution in [0.1, 0.15) is 18.4 Å². The zero-order chi connectivity index (χ0) is 14.9. The number of anilines is 1. The number of rotatable bonds is 1. The highest BCUT2D eigenvalue weighted by molar-refractivity contribution is 9.10. The second kappa shape index (κ2) is 5.85. The number of piperidine rings is 1. The Hall–Kier alpha value is -0.880. The SMILES string of the molecule is Cc1cc(Br)c(Cl)cc1NC(=O)N1CCC(F)(F)CC1. The molecule has 1 saturated heterocycles. The number of aryl methyl sites for hydroxylation is 1. The van der Waals surface area contributed by atoms with Crippen molar-refractivity contribution in [2.45, 2.75) is 25.7 Å². The zero-order valence-corrected chi connectivity index (χ0v) is 13.2. The van der Waals surface area contributed by atoms with Crippen LogP contribution >= 0.6 is 27.5 Å². The molecule has 110 valence electrons. The van der Waals surface area contributed by atoms with E-state index in [0.29, 0.717) is 10.7 Å². The Morgan fingerprint density at radius 3 is 2.60 bits per heavy atom. The van der Waals surface area contributed by atoms with Crippen molar-refractivity contribution >= 4 is 39.2 Å². The van der Waals surface area contributed by atoms with Gasteiger partial charge in [-0.2, -0.15) is 0 Å². The van der Waals surface area contributed by atoms with Crippen LogP contribution in [0.3, 0.4) is 0 Å². The van der Waals surface area contributed by atoms with E-state index in [1.807, 2.05) is 6.92 Å². The largest absolute Gasteiger partial charge is 0.324 e. The summed E-state index contributed by atoms with van der Waals surface area (Å²) in [5, 5.41) is 3.19. The van der Waals surface area contributed by atoms with Crippen LogP contribution in [0.4, 0.5) is 19.3 Å². The van der Waals surface area contributed by atoms with Crippen LogP contribution in [0, 0.1) is 6.92 Å². The average molecular weight is 368 g/mol. The second-order valence-corrected chi connectivity index (χ2v) is 6.12. The lowest BCUT2D eigenvalue weighted by Crippen LogP contribution is -2.44. The number of benzene rings is 1. The summed E-state index contributed by atoms with van der Waals surface area (Å²) in [6, 6.07) is 3.06. The van der Waals surface area contributed by atoms with E-state index >= 15 is 0 Å². The highest BCUT2D eigenvalue weighted by atomic mass is 79.9. The lowest BCUT2D eigenvalue weighted by molar-refractivity contribution is -0.0461. The number of amides is 2. The lowest BCUT2D eigenvalue weighted by Gasteiger charge is -2.31. The smallest absolute Gasteiger partial charge is 0.321 e. The normalized spacial score (nSPS) is 17.9. The summed E-state index contributed by atoms with van der Waals surface area (Å²) in [6.07, 6.45) is -0.582. The van der Waals surface area contributed by atoms with E-state index in [2.05, 4.69) is 21.2 Å². The van der Waals surface area contributed by atoms with Gasteiger partial charge in [-0.05, 0) is 40.5 Å². The van der Waals surface area contributed by atoms with E-state index in [1.165, 1.54) is 4.90 Å². The quantitative estimate of drug-likeness (QED) is 0.768. The molecule has 0 aromatic heterocycles. The predicted octanol–water partition coefficient (Wildman–Crippen LogP) is 4.67. The van der Waals surface area contributed by atoms with Gasteiger partial charge in [-0.15, -0.1) is 0 Å². The number of hydrogen-bond acceptors (Lipinski definition) is 1. The predicted molar refractivity (Wildman–Crippen MR) is 78.7 cm³/mol. The molecular formula is C13H14BrClF2N2O. The fraction of sp³-hybridized carbons (Fsp3) is 0.462. The van der Waals surface area contributed by atoms with Crippen molar-refractivity contribution in [3.05, 3.63) is 27.2 Å². The summed E-state index contributed by atoms with van der Waals surface area (Å²) in [4.78, 5) is 13.4. The molecule has 2 amide bonds. The minimum atomic E-state index is -2.66. The Morgan fingerprint density at radius 2 is 2.00 bits per heavy atom. The molecule has 1 heterocycles. The van der Waals surface area contributed by atoms with Gasteiger partial charge in [-0.25, -0.2) is 13.6 Å². The van der Waals surface area contributed by atoms with Gasteiger partial charge >= 0.3 is 6.03 Å². The highest BCUT2D eigenvalue weighted by Gasteiger charge is 2.35. The molecule has 1 N–H and O–H groups in total. The molecule has 1 aromatic rings. The lowest BCUT2D eigenvalue weighted by atomic mass is 10.1. The third-order valence-corrected chi connectivity index (χ3v) is 4.49. The maximum Gasteiger partial charge on any atom is 0.321 e. The molecule has 1 aliphatic heterocycles. The molecule has 0 unspecified atom stereocenters. The maximum atomic E-state index is 13.0. The first-order valence-corrected chi connectivity index (χ1v) is 7.35. The van der Waals surface area contributed by atoms with Gasteiger partial charge in [-0.3, -0.25) is 0 Å². The number of halogens is 4. The third kappa shape index (κ3) is 3.61. The Bertz CT molecular complexity index is 529. The van der Waals surface area contributed by atoms with Gasteiger partial charge in [0.2, 0.25) is 0 Å². The number of urea groups is 1. The number of carbonyl (C=O) groups excluding carboxylic acids is 1. The van der Waals surface area contributed by atoms with Gasteiger partial charge < -0.3 is 10.2 Å². The summed E-state index contributed by atoms with van der Waals surface area (Å²) in [7, 11) is 0. The monoisotopic (exact) mass is 366 g/mol. The third-order valence-electron chi connectivity index (χ3n) is 3.29. The minimum Gasteiger partial charge on any atom is -0.324 e. The Balaban J connectivity index is 2.04. The summed E-state index contributed by atoms with van der Waals surface area (Å²) >= 11 is 9.28.